The van der Waals surface area contributed by atoms with Crippen LogP contribution in [0.25, 0.3) is 33.0 Å². The molecule has 2 nitrogen and oxygen atoms in total. The average Bonchev–Trinajstić information content (AvgIpc) is 3.81. The van der Waals surface area contributed by atoms with Gasteiger partial charge in [-0.2, -0.15) is 0 Å². The highest BCUT2D eigenvalue weighted by Gasteiger charge is 2.52. The van der Waals surface area contributed by atoms with Gasteiger partial charge < -0.3 is 9.64 Å². The van der Waals surface area contributed by atoms with Gasteiger partial charge in [-0.3, -0.25) is 0 Å². The third-order valence-electron chi connectivity index (χ3n) is 13.8. The molecule has 1 spiro atoms. The zero-order valence-electron chi connectivity index (χ0n) is 33.9. The van der Waals surface area contributed by atoms with Crippen LogP contribution in [0.1, 0.15) is 44.5 Å². The van der Waals surface area contributed by atoms with Crippen molar-refractivity contribution in [1.29, 1.82) is 0 Å². The number of rotatable bonds is 5. The van der Waals surface area contributed by atoms with E-state index in [1.165, 1.54) is 72.0 Å². The van der Waals surface area contributed by atoms with Gasteiger partial charge in [0.2, 0.25) is 0 Å². The predicted molar refractivity (Wildman–Crippen MR) is 253 cm³/mol. The van der Waals surface area contributed by atoms with Crippen molar-refractivity contribution in [3.8, 4) is 33.8 Å². The third-order valence-corrected chi connectivity index (χ3v) is 13.8. The van der Waals surface area contributed by atoms with E-state index in [0.717, 1.165) is 34.1 Å². The summed E-state index contributed by atoms with van der Waals surface area (Å²) in [6.07, 6.45) is 0. The molecule has 290 valence electrons. The summed E-state index contributed by atoms with van der Waals surface area (Å²) in [5, 5.41) is 2.39. The van der Waals surface area contributed by atoms with Gasteiger partial charge in [0.15, 0.2) is 0 Å². The van der Waals surface area contributed by atoms with E-state index in [-0.39, 0.29) is 0 Å². The summed E-state index contributed by atoms with van der Waals surface area (Å²) in [5.74, 6) is 1.78. The second kappa shape index (κ2) is 13.3. The summed E-state index contributed by atoms with van der Waals surface area (Å²) < 4.78 is 6.88. The van der Waals surface area contributed by atoms with Crippen LogP contribution in [0.2, 0.25) is 0 Å². The standard InChI is InChI=1S/C60H39NO/c1-4-20-41(21-5-1)59(42-22-6-2-7-23-42)50-30-15-13-28-48(50)57-52(59)32-18-33-54(57)61(43-24-8-3-9-25-43)44-36-37-47-46-27-12-14-29-49(46)60(53(47)39-44)51-31-16-17-34-55(51)62-56-38-35-40-19-10-11-26-45(40)58(56)60/h1-39H. The molecule has 1 atom stereocenters. The van der Waals surface area contributed by atoms with Crippen molar-refractivity contribution in [2.24, 2.45) is 0 Å². The van der Waals surface area contributed by atoms with E-state index in [1.807, 2.05) is 0 Å². The molecule has 3 aliphatic rings. The van der Waals surface area contributed by atoms with Crippen LogP contribution >= 0.6 is 0 Å². The monoisotopic (exact) mass is 789 g/mol. The van der Waals surface area contributed by atoms with Crippen LogP contribution in [0.3, 0.4) is 0 Å². The van der Waals surface area contributed by atoms with Crippen LogP contribution in [-0.4, -0.2) is 0 Å². The smallest absolute Gasteiger partial charge is 0.132 e. The predicted octanol–water partition coefficient (Wildman–Crippen LogP) is 15.1. The molecular formula is C60H39NO. The van der Waals surface area contributed by atoms with Crippen LogP contribution in [0.4, 0.5) is 17.1 Å². The zero-order valence-corrected chi connectivity index (χ0v) is 33.9. The number of hydrogen-bond donors (Lipinski definition) is 0. The zero-order chi connectivity index (χ0) is 40.8. The van der Waals surface area contributed by atoms with Crippen molar-refractivity contribution in [2.45, 2.75) is 10.8 Å². The summed E-state index contributed by atoms with van der Waals surface area (Å²) in [4.78, 5) is 2.49. The topological polar surface area (TPSA) is 12.5 Å². The van der Waals surface area contributed by atoms with Crippen molar-refractivity contribution in [3.63, 3.8) is 0 Å². The maximum Gasteiger partial charge on any atom is 0.132 e. The third kappa shape index (κ3) is 4.58. The Bertz CT molecular complexity index is 3350. The molecule has 1 heterocycles. The Balaban J connectivity index is 1.13. The van der Waals surface area contributed by atoms with E-state index in [9.17, 15) is 0 Å². The highest BCUT2D eigenvalue weighted by Crippen LogP contribution is 2.65. The van der Waals surface area contributed by atoms with Crippen LogP contribution < -0.4 is 9.64 Å². The Labute approximate surface area is 361 Å². The molecule has 13 rings (SSSR count). The minimum absolute atomic E-state index is 0.521. The molecule has 10 aromatic carbocycles. The maximum absolute atomic E-state index is 6.88. The molecule has 0 N–H and O–H groups in total. The fraction of sp³-hybridized carbons (Fsp3) is 0.0333. The van der Waals surface area contributed by atoms with Crippen molar-refractivity contribution in [1.82, 2.24) is 0 Å². The number of para-hydroxylation sites is 2. The molecule has 62 heavy (non-hydrogen) atoms. The van der Waals surface area contributed by atoms with Crippen molar-refractivity contribution < 1.29 is 4.74 Å². The maximum atomic E-state index is 6.88. The van der Waals surface area contributed by atoms with Crippen LogP contribution in [0.15, 0.2) is 237 Å². The van der Waals surface area contributed by atoms with Crippen molar-refractivity contribution in [3.05, 3.63) is 281 Å². The number of nitrogens with zero attached hydrogens (tertiary/aromatic N) is 1. The molecule has 0 saturated heterocycles. The molecule has 2 heteroatoms. The van der Waals surface area contributed by atoms with Crippen LogP contribution in [-0.2, 0) is 10.8 Å². The van der Waals surface area contributed by atoms with Gasteiger partial charge in [-0.15, -0.1) is 0 Å². The summed E-state index contributed by atoms with van der Waals surface area (Å²) in [6.45, 7) is 0. The lowest BCUT2D eigenvalue weighted by molar-refractivity contribution is 0.438. The fourth-order valence-electron chi connectivity index (χ4n) is 11.5. The first-order chi connectivity index (χ1) is 30.8. The molecule has 0 radical (unpaired) electrons. The summed E-state index contributed by atoms with van der Waals surface area (Å²) in [7, 11) is 0. The highest BCUT2D eigenvalue weighted by atomic mass is 16.5. The molecule has 0 amide bonds. The number of ether oxygens (including phenoxy) is 1. The Morgan fingerprint density at radius 3 is 1.68 bits per heavy atom. The molecule has 10 aromatic rings. The van der Waals surface area contributed by atoms with Gasteiger partial charge in [0.05, 0.1) is 16.5 Å². The van der Waals surface area contributed by atoms with E-state index in [0.29, 0.717) is 0 Å². The average molecular weight is 790 g/mol. The van der Waals surface area contributed by atoms with Gasteiger partial charge in [-0.25, -0.2) is 0 Å². The first-order valence-electron chi connectivity index (χ1n) is 21.5. The van der Waals surface area contributed by atoms with Gasteiger partial charge in [-0.1, -0.05) is 194 Å². The van der Waals surface area contributed by atoms with E-state index in [2.05, 4.69) is 241 Å². The van der Waals surface area contributed by atoms with Crippen molar-refractivity contribution in [2.75, 3.05) is 4.90 Å². The van der Waals surface area contributed by atoms with Gasteiger partial charge in [0.25, 0.3) is 0 Å². The molecule has 0 aromatic heterocycles. The minimum Gasteiger partial charge on any atom is -0.457 e. The highest BCUT2D eigenvalue weighted by molar-refractivity contribution is 6.00. The van der Waals surface area contributed by atoms with Gasteiger partial charge in [0, 0.05) is 28.1 Å². The summed E-state index contributed by atoms with van der Waals surface area (Å²) >= 11 is 0. The number of hydrogen-bond acceptors (Lipinski definition) is 2. The summed E-state index contributed by atoms with van der Waals surface area (Å²) in [6, 6.07) is 87.0. The van der Waals surface area contributed by atoms with Crippen LogP contribution in [0.5, 0.6) is 11.5 Å². The van der Waals surface area contributed by atoms with E-state index in [4.69, 9.17) is 4.74 Å². The largest absolute Gasteiger partial charge is 0.457 e. The molecule has 1 aliphatic heterocycles. The number of benzene rings is 10. The lowest BCUT2D eigenvalue weighted by Gasteiger charge is -2.40. The lowest BCUT2D eigenvalue weighted by atomic mass is 9.65. The first-order valence-corrected chi connectivity index (χ1v) is 21.5. The first kappa shape index (κ1) is 34.9. The second-order valence-corrected chi connectivity index (χ2v) is 16.7. The normalized spacial score (nSPS) is 15.7. The molecule has 0 fully saturated rings. The quantitative estimate of drug-likeness (QED) is 0.172. The van der Waals surface area contributed by atoms with E-state index < -0.39 is 10.8 Å². The molecule has 0 saturated carbocycles. The van der Waals surface area contributed by atoms with Gasteiger partial charge in [-0.05, 0) is 103 Å². The fourth-order valence-corrected chi connectivity index (χ4v) is 11.5. The van der Waals surface area contributed by atoms with Crippen LogP contribution in [0, 0.1) is 0 Å². The van der Waals surface area contributed by atoms with E-state index >= 15 is 0 Å². The molecule has 1 unspecified atom stereocenters. The van der Waals surface area contributed by atoms with Gasteiger partial charge >= 0.3 is 0 Å². The Kier molecular flexibility index (Phi) is 7.47. The van der Waals surface area contributed by atoms with E-state index in [1.54, 1.807) is 0 Å². The summed E-state index contributed by atoms with van der Waals surface area (Å²) in [5.41, 5.74) is 17.1. The molecular weight excluding hydrogens is 751 g/mol. The second-order valence-electron chi connectivity index (χ2n) is 16.7. The molecule has 0 bridgehead atoms. The molecule has 2 aliphatic carbocycles. The Morgan fingerprint density at radius 1 is 0.339 bits per heavy atom. The number of fused-ring (bicyclic) bond motifs is 14. The SMILES string of the molecule is c1ccc(N(c2ccc3c(c2)C2(c4ccccc4Oc4ccc5ccccc5c42)c2ccccc2-3)c2cccc3c2-c2ccccc2C3(c2ccccc2)c2ccccc2)cc1. The minimum atomic E-state index is -0.643. The number of anilines is 3. The van der Waals surface area contributed by atoms with Crippen molar-refractivity contribution >= 4 is 27.8 Å². The Hall–Kier alpha value is -7.94. The lowest BCUT2D eigenvalue weighted by Crippen LogP contribution is -2.32. The van der Waals surface area contributed by atoms with Gasteiger partial charge in [0.1, 0.15) is 11.5 Å². The Morgan fingerprint density at radius 2 is 0.919 bits per heavy atom.